The number of rotatable bonds is 10. The van der Waals surface area contributed by atoms with Crippen LogP contribution in [0.3, 0.4) is 0 Å². The van der Waals surface area contributed by atoms with Gasteiger partial charge in [0, 0.05) is 18.9 Å². The first-order valence-electron chi connectivity index (χ1n) is 8.26. The molecule has 0 bridgehead atoms. The van der Waals surface area contributed by atoms with E-state index in [1.807, 2.05) is 0 Å². The van der Waals surface area contributed by atoms with Crippen LogP contribution in [0.25, 0.3) is 0 Å². The van der Waals surface area contributed by atoms with Gasteiger partial charge in [0.05, 0.1) is 0 Å². The molecule has 0 aliphatic carbocycles. The monoisotopic (exact) mass is 338 g/mol. The summed E-state index contributed by atoms with van der Waals surface area (Å²) in [4.78, 5) is 30.6. The van der Waals surface area contributed by atoms with Gasteiger partial charge in [0.25, 0.3) is 0 Å². The lowest BCUT2D eigenvalue weighted by Gasteiger charge is -2.08. The third-order valence-electron chi connectivity index (χ3n) is 3.29. The van der Waals surface area contributed by atoms with E-state index < -0.39 is 0 Å². The van der Waals surface area contributed by atoms with Gasteiger partial charge in [-0.2, -0.15) is 0 Å². The van der Waals surface area contributed by atoms with Gasteiger partial charge in [0.1, 0.15) is 10.5 Å². The van der Waals surface area contributed by atoms with E-state index in [1.54, 1.807) is 6.07 Å². The Kier molecular flexibility index (Phi) is 9.12. The molecular formula is C16H26N4O2S. The van der Waals surface area contributed by atoms with Crippen molar-refractivity contribution in [2.24, 2.45) is 0 Å². The molecule has 0 saturated heterocycles. The van der Waals surface area contributed by atoms with Crippen LogP contribution in [0.5, 0.6) is 0 Å². The van der Waals surface area contributed by atoms with Crippen LogP contribution in [0, 0.1) is 4.64 Å². The summed E-state index contributed by atoms with van der Waals surface area (Å²) in [6.07, 6.45) is 6.79. The standard InChI is InChI=1S/C16H26N4O2S/c1-3-5-7-9-13(21)17-12-11-15(23)20-16(18-12)19-14(22)10-8-6-4-2/h11H,3-10H2,1-2H3,(H3,17,18,19,20,21,22,23). The Balaban J connectivity index is 2.59. The fourth-order valence-electron chi connectivity index (χ4n) is 2.06. The molecule has 0 aromatic carbocycles. The third-order valence-corrected chi connectivity index (χ3v) is 3.50. The van der Waals surface area contributed by atoms with Gasteiger partial charge in [-0.3, -0.25) is 14.9 Å². The molecule has 7 heteroatoms. The number of nitrogens with one attached hydrogen (secondary N) is 3. The van der Waals surface area contributed by atoms with Crippen molar-refractivity contribution >= 4 is 35.8 Å². The van der Waals surface area contributed by atoms with E-state index in [4.69, 9.17) is 12.2 Å². The molecule has 0 unspecified atom stereocenters. The Morgan fingerprint density at radius 2 is 1.61 bits per heavy atom. The van der Waals surface area contributed by atoms with E-state index in [9.17, 15) is 9.59 Å². The van der Waals surface area contributed by atoms with Crippen molar-refractivity contribution in [3.8, 4) is 0 Å². The molecule has 128 valence electrons. The molecule has 0 atom stereocenters. The van der Waals surface area contributed by atoms with E-state index in [1.165, 1.54) is 0 Å². The Hall–Kier alpha value is -1.76. The summed E-state index contributed by atoms with van der Waals surface area (Å²) in [5.74, 6) is 0.539. The summed E-state index contributed by atoms with van der Waals surface area (Å²) in [7, 11) is 0. The summed E-state index contributed by atoms with van der Waals surface area (Å²) in [6, 6.07) is 1.57. The first kappa shape index (κ1) is 19.3. The average Bonchev–Trinajstić information content (AvgIpc) is 2.47. The summed E-state index contributed by atoms with van der Waals surface area (Å²) in [5, 5.41) is 5.44. The maximum Gasteiger partial charge on any atom is 0.226 e. The second-order valence-electron chi connectivity index (χ2n) is 5.49. The number of hydrogen-bond acceptors (Lipinski definition) is 4. The van der Waals surface area contributed by atoms with E-state index in [0.717, 1.165) is 38.5 Å². The molecule has 1 aromatic heterocycles. The summed E-state index contributed by atoms with van der Waals surface area (Å²) >= 11 is 5.07. The number of hydrogen-bond donors (Lipinski definition) is 3. The predicted molar refractivity (Wildman–Crippen MR) is 95.0 cm³/mol. The Bertz CT molecular complexity index is 526. The lowest BCUT2D eigenvalue weighted by atomic mass is 10.2. The molecule has 0 saturated carbocycles. The highest BCUT2D eigenvalue weighted by atomic mass is 32.1. The van der Waals surface area contributed by atoms with Crippen LogP contribution in [0.15, 0.2) is 6.07 Å². The Morgan fingerprint density at radius 3 is 2.17 bits per heavy atom. The second kappa shape index (κ2) is 10.9. The minimum absolute atomic E-state index is 0.0736. The number of carbonyl (C=O) groups excluding carboxylic acids is 2. The number of unbranched alkanes of at least 4 members (excludes halogenated alkanes) is 4. The molecule has 0 spiro atoms. The highest BCUT2D eigenvalue weighted by Gasteiger charge is 2.07. The molecule has 1 rings (SSSR count). The molecule has 0 aliphatic heterocycles. The zero-order valence-corrected chi connectivity index (χ0v) is 14.7. The maximum atomic E-state index is 11.8. The van der Waals surface area contributed by atoms with Crippen LogP contribution < -0.4 is 10.6 Å². The minimum Gasteiger partial charge on any atom is -0.312 e. The van der Waals surface area contributed by atoms with E-state index in [0.29, 0.717) is 23.3 Å². The highest BCUT2D eigenvalue weighted by molar-refractivity contribution is 7.71. The number of anilines is 2. The van der Waals surface area contributed by atoms with Crippen LogP contribution >= 0.6 is 12.2 Å². The number of amides is 2. The maximum absolute atomic E-state index is 11.8. The zero-order chi connectivity index (χ0) is 17.1. The fraction of sp³-hybridized carbons (Fsp3) is 0.625. The van der Waals surface area contributed by atoms with Crippen LogP contribution in [-0.2, 0) is 9.59 Å². The van der Waals surface area contributed by atoms with Gasteiger partial charge >= 0.3 is 0 Å². The zero-order valence-electron chi connectivity index (χ0n) is 13.9. The van der Waals surface area contributed by atoms with E-state index >= 15 is 0 Å². The quantitative estimate of drug-likeness (QED) is 0.441. The van der Waals surface area contributed by atoms with Gasteiger partial charge in [0.2, 0.25) is 17.8 Å². The fourth-order valence-corrected chi connectivity index (χ4v) is 2.27. The van der Waals surface area contributed by atoms with Crippen molar-refractivity contribution in [1.29, 1.82) is 0 Å². The van der Waals surface area contributed by atoms with Crippen LogP contribution in [0.4, 0.5) is 11.8 Å². The lowest BCUT2D eigenvalue weighted by molar-refractivity contribution is -0.117. The summed E-state index contributed by atoms with van der Waals surface area (Å²) < 4.78 is 0.316. The average molecular weight is 338 g/mol. The molecule has 6 nitrogen and oxygen atoms in total. The summed E-state index contributed by atoms with van der Waals surface area (Å²) in [6.45, 7) is 4.18. The molecule has 2 amide bonds. The normalized spacial score (nSPS) is 10.3. The van der Waals surface area contributed by atoms with Gasteiger partial charge in [0.15, 0.2) is 0 Å². The molecule has 1 aromatic rings. The van der Waals surface area contributed by atoms with Crippen molar-refractivity contribution in [3.63, 3.8) is 0 Å². The minimum atomic E-state index is -0.108. The number of aromatic nitrogens is 2. The first-order chi connectivity index (χ1) is 11.0. The van der Waals surface area contributed by atoms with Crippen molar-refractivity contribution < 1.29 is 9.59 Å². The van der Waals surface area contributed by atoms with Gasteiger partial charge in [-0.15, -0.1) is 0 Å². The van der Waals surface area contributed by atoms with Crippen LogP contribution in [0.1, 0.15) is 65.2 Å². The molecule has 1 heterocycles. The molecule has 23 heavy (non-hydrogen) atoms. The number of H-pyrrole nitrogens is 1. The predicted octanol–water partition coefficient (Wildman–Crippen LogP) is 4.18. The SMILES string of the molecule is CCCCCC(=O)Nc1cc(=S)nc(NC(=O)CCCCC)[nH]1. The second-order valence-corrected chi connectivity index (χ2v) is 5.91. The van der Waals surface area contributed by atoms with Crippen LogP contribution in [0.2, 0.25) is 0 Å². The topological polar surface area (TPSA) is 86.9 Å². The number of carbonyl (C=O) groups is 2. The number of aromatic amines is 1. The van der Waals surface area contributed by atoms with Gasteiger partial charge in [-0.05, 0) is 12.8 Å². The highest BCUT2D eigenvalue weighted by Crippen LogP contribution is 2.10. The van der Waals surface area contributed by atoms with Crippen molar-refractivity contribution in [3.05, 3.63) is 10.7 Å². The molecule has 0 radical (unpaired) electrons. The Morgan fingerprint density at radius 1 is 1.04 bits per heavy atom. The van der Waals surface area contributed by atoms with Gasteiger partial charge < -0.3 is 10.3 Å². The lowest BCUT2D eigenvalue weighted by Crippen LogP contribution is -2.16. The van der Waals surface area contributed by atoms with Gasteiger partial charge in [-0.1, -0.05) is 51.7 Å². The summed E-state index contributed by atoms with van der Waals surface area (Å²) in [5.41, 5.74) is 0. The van der Waals surface area contributed by atoms with Crippen molar-refractivity contribution in [2.75, 3.05) is 10.6 Å². The molecular weight excluding hydrogens is 312 g/mol. The van der Waals surface area contributed by atoms with Crippen LogP contribution in [-0.4, -0.2) is 21.8 Å². The largest absolute Gasteiger partial charge is 0.312 e. The molecule has 0 aliphatic rings. The first-order valence-corrected chi connectivity index (χ1v) is 8.67. The molecule has 0 fully saturated rings. The van der Waals surface area contributed by atoms with E-state index in [-0.39, 0.29) is 17.8 Å². The van der Waals surface area contributed by atoms with E-state index in [2.05, 4.69) is 34.4 Å². The smallest absolute Gasteiger partial charge is 0.226 e. The third kappa shape index (κ3) is 8.44. The molecule has 3 N–H and O–H groups in total. The van der Waals surface area contributed by atoms with Crippen molar-refractivity contribution in [1.82, 2.24) is 9.97 Å². The van der Waals surface area contributed by atoms with Gasteiger partial charge in [-0.25, -0.2) is 4.98 Å². The Labute approximate surface area is 142 Å². The van der Waals surface area contributed by atoms with Crippen molar-refractivity contribution in [2.45, 2.75) is 65.2 Å². The number of nitrogens with zero attached hydrogens (tertiary/aromatic N) is 1.